The van der Waals surface area contributed by atoms with E-state index in [0.29, 0.717) is 29.6 Å². The molecule has 0 bridgehead atoms. The zero-order chi connectivity index (χ0) is 14.5. The van der Waals surface area contributed by atoms with Crippen molar-refractivity contribution in [1.82, 2.24) is 10.1 Å². The Hall–Kier alpha value is -2.08. The zero-order valence-electron chi connectivity index (χ0n) is 11.9. The highest BCUT2D eigenvalue weighted by Crippen LogP contribution is 2.28. The molecule has 2 aromatic rings. The van der Waals surface area contributed by atoms with Crippen LogP contribution in [-0.4, -0.2) is 30.4 Å². The first kappa shape index (κ1) is 14.3. The van der Waals surface area contributed by atoms with Crippen molar-refractivity contribution < 1.29 is 14.0 Å². The zero-order valence-corrected chi connectivity index (χ0v) is 11.9. The van der Waals surface area contributed by atoms with E-state index < -0.39 is 0 Å². The first-order valence-corrected chi connectivity index (χ1v) is 6.47. The SMILES string of the molecule is CCC(N)Cc1nc(-c2cc(OC)cc(OC)c2)no1. The number of rotatable bonds is 6. The van der Waals surface area contributed by atoms with E-state index in [-0.39, 0.29) is 6.04 Å². The highest BCUT2D eigenvalue weighted by atomic mass is 16.5. The van der Waals surface area contributed by atoms with E-state index in [1.165, 1.54) is 0 Å². The fraction of sp³-hybridized carbons (Fsp3) is 0.429. The first-order valence-electron chi connectivity index (χ1n) is 6.47. The Morgan fingerprint density at radius 2 is 1.85 bits per heavy atom. The van der Waals surface area contributed by atoms with Gasteiger partial charge in [-0.1, -0.05) is 12.1 Å². The van der Waals surface area contributed by atoms with Crippen molar-refractivity contribution in [3.63, 3.8) is 0 Å². The molecule has 0 aliphatic rings. The van der Waals surface area contributed by atoms with Crippen LogP contribution in [0.25, 0.3) is 11.4 Å². The summed E-state index contributed by atoms with van der Waals surface area (Å²) in [5, 5.41) is 3.97. The maximum atomic E-state index is 5.88. The molecule has 0 spiro atoms. The summed E-state index contributed by atoms with van der Waals surface area (Å²) < 4.78 is 15.7. The minimum Gasteiger partial charge on any atom is -0.497 e. The van der Waals surface area contributed by atoms with Gasteiger partial charge < -0.3 is 19.7 Å². The Kier molecular flexibility index (Phi) is 4.57. The molecule has 108 valence electrons. The average Bonchev–Trinajstić information content (AvgIpc) is 2.94. The average molecular weight is 277 g/mol. The molecule has 0 aliphatic heterocycles. The van der Waals surface area contributed by atoms with Gasteiger partial charge in [0.05, 0.1) is 14.2 Å². The molecule has 0 radical (unpaired) electrons. The van der Waals surface area contributed by atoms with Crippen LogP contribution in [0, 0.1) is 0 Å². The Labute approximate surface area is 117 Å². The summed E-state index contributed by atoms with van der Waals surface area (Å²) in [5.74, 6) is 2.39. The molecule has 0 aliphatic carbocycles. The summed E-state index contributed by atoms with van der Waals surface area (Å²) in [7, 11) is 3.20. The molecule has 1 heterocycles. The lowest BCUT2D eigenvalue weighted by molar-refractivity contribution is 0.367. The van der Waals surface area contributed by atoms with Crippen LogP contribution in [-0.2, 0) is 6.42 Å². The second-order valence-electron chi connectivity index (χ2n) is 4.49. The second-order valence-corrected chi connectivity index (χ2v) is 4.49. The number of hydrogen-bond acceptors (Lipinski definition) is 6. The Morgan fingerprint density at radius 1 is 1.20 bits per heavy atom. The largest absolute Gasteiger partial charge is 0.497 e. The lowest BCUT2D eigenvalue weighted by atomic mass is 10.1. The molecule has 0 saturated carbocycles. The van der Waals surface area contributed by atoms with Gasteiger partial charge in [-0.15, -0.1) is 0 Å². The molecule has 0 saturated heterocycles. The minimum atomic E-state index is 0.0307. The molecule has 0 amide bonds. The third-order valence-corrected chi connectivity index (χ3v) is 3.04. The molecule has 6 nitrogen and oxygen atoms in total. The van der Waals surface area contributed by atoms with E-state index in [0.717, 1.165) is 12.0 Å². The molecular weight excluding hydrogens is 258 g/mol. The van der Waals surface area contributed by atoms with Crippen LogP contribution in [0.5, 0.6) is 11.5 Å². The van der Waals surface area contributed by atoms with Gasteiger partial charge in [0.25, 0.3) is 0 Å². The predicted octanol–water partition coefficient (Wildman–Crippen LogP) is 2.03. The van der Waals surface area contributed by atoms with Gasteiger partial charge >= 0.3 is 0 Å². The fourth-order valence-electron chi connectivity index (χ4n) is 1.76. The Bertz CT molecular complexity index is 546. The molecule has 1 aromatic heterocycles. The van der Waals surface area contributed by atoms with Crippen LogP contribution >= 0.6 is 0 Å². The monoisotopic (exact) mass is 277 g/mol. The molecule has 20 heavy (non-hydrogen) atoms. The number of nitrogens with zero attached hydrogens (tertiary/aromatic N) is 2. The number of nitrogens with two attached hydrogens (primary N) is 1. The van der Waals surface area contributed by atoms with E-state index in [9.17, 15) is 0 Å². The number of aromatic nitrogens is 2. The predicted molar refractivity (Wildman–Crippen MR) is 74.8 cm³/mol. The molecule has 2 N–H and O–H groups in total. The summed E-state index contributed by atoms with van der Waals surface area (Å²) in [6, 6.07) is 5.48. The summed E-state index contributed by atoms with van der Waals surface area (Å²) in [4.78, 5) is 4.35. The van der Waals surface area contributed by atoms with Crippen LogP contribution in [0.3, 0.4) is 0 Å². The van der Waals surface area contributed by atoms with Gasteiger partial charge in [0.15, 0.2) is 0 Å². The number of hydrogen-bond donors (Lipinski definition) is 1. The first-order chi connectivity index (χ1) is 9.66. The highest BCUT2D eigenvalue weighted by Gasteiger charge is 2.13. The maximum absolute atomic E-state index is 5.88. The molecule has 0 fully saturated rings. The van der Waals surface area contributed by atoms with E-state index in [1.807, 2.05) is 19.1 Å². The van der Waals surface area contributed by atoms with Gasteiger partial charge in [-0.25, -0.2) is 0 Å². The number of methoxy groups -OCH3 is 2. The summed E-state index contributed by atoms with van der Waals surface area (Å²) in [5.41, 5.74) is 6.66. The summed E-state index contributed by atoms with van der Waals surface area (Å²) in [6.45, 7) is 2.02. The molecule has 1 unspecified atom stereocenters. The van der Waals surface area contributed by atoms with Crippen molar-refractivity contribution in [1.29, 1.82) is 0 Å². The van der Waals surface area contributed by atoms with Gasteiger partial charge in [-0.3, -0.25) is 0 Å². The van der Waals surface area contributed by atoms with Crippen molar-refractivity contribution in [3.8, 4) is 22.9 Å². The van der Waals surface area contributed by atoms with Crippen LogP contribution in [0.2, 0.25) is 0 Å². The molecule has 1 aromatic carbocycles. The molecular formula is C14H19N3O3. The van der Waals surface area contributed by atoms with Gasteiger partial charge in [-0.2, -0.15) is 4.98 Å². The van der Waals surface area contributed by atoms with Gasteiger partial charge in [0.1, 0.15) is 11.5 Å². The van der Waals surface area contributed by atoms with Crippen LogP contribution in [0.15, 0.2) is 22.7 Å². The van der Waals surface area contributed by atoms with Crippen molar-refractivity contribution >= 4 is 0 Å². The maximum Gasteiger partial charge on any atom is 0.228 e. The van der Waals surface area contributed by atoms with Crippen molar-refractivity contribution in [2.75, 3.05) is 14.2 Å². The van der Waals surface area contributed by atoms with E-state index in [2.05, 4.69) is 10.1 Å². The topological polar surface area (TPSA) is 83.4 Å². The van der Waals surface area contributed by atoms with Gasteiger partial charge in [-0.05, 0) is 18.6 Å². The lowest BCUT2D eigenvalue weighted by Crippen LogP contribution is -2.21. The number of ether oxygens (including phenoxy) is 2. The summed E-state index contributed by atoms with van der Waals surface area (Å²) >= 11 is 0. The molecule has 6 heteroatoms. The second kappa shape index (κ2) is 6.38. The minimum absolute atomic E-state index is 0.0307. The van der Waals surface area contributed by atoms with E-state index in [4.69, 9.17) is 19.7 Å². The summed E-state index contributed by atoms with van der Waals surface area (Å²) in [6.07, 6.45) is 1.44. The van der Waals surface area contributed by atoms with Crippen molar-refractivity contribution in [2.45, 2.75) is 25.8 Å². The van der Waals surface area contributed by atoms with Crippen molar-refractivity contribution in [2.24, 2.45) is 5.73 Å². The van der Waals surface area contributed by atoms with Crippen LogP contribution < -0.4 is 15.2 Å². The van der Waals surface area contributed by atoms with Crippen LogP contribution in [0.1, 0.15) is 19.2 Å². The van der Waals surface area contributed by atoms with E-state index in [1.54, 1.807) is 20.3 Å². The normalized spacial score (nSPS) is 12.2. The Morgan fingerprint density at radius 3 is 2.40 bits per heavy atom. The van der Waals surface area contributed by atoms with E-state index >= 15 is 0 Å². The third-order valence-electron chi connectivity index (χ3n) is 3.04. The standard InChI is InChI=1S/C14H19N3O3/c1-4-10(15)7-13-16-14(17-20-13)9-5-11(18-2)8-12(6-9)19-3/h5-6,8,10H,4,7,15H2,1-3H3. The van der Waals surface area contributed by atoms with Gasteiger partial charge in [0.2, 0.25) is 11.7 Å². The highest BCUT2D eigenvalue weighted by molar-refractivity contribution is 5.60. The lowest BCUT2D eigenvalue weighted by Gasteiger charge is -2.05. The smallest absolute Gasteiger partial charge is 0.228 e. The fourth-order valence-corrected chi connectivity index (χ4v) is 1.76. The van der Waals surface area contributed by atoms with Crippen LogP contribution in [0.4, 0.5) is 0 Å². The third kappa shape index (κ3) is 3.27. The quantitative estimate of drug-likeness (QED) is 0.869. The molecule has 1 atom stereocenters. The number of benzene rings is 1. The van der Waals surface area contributed by atoms with Crippen molar-refractivity contribution in [3.05, 3.63) is 24.1 Å². The Balaban J connectivity index is 2.27. The van der Waals surface area contributed by atoms with Gasteiger partial charge in [0, 0.05) is 24.1 Å². The molecule has 2 rings (SSSR count).